The largest absolute Gasteiger partial charge is 0.494 e. The van der Waals surface area contributed by atoms with Gasteiger partial charge in [-0.25, -0.2) is 0 Å². The van der Waals surface area contributed by atoms with Gasteiger partial charge in [-0.15, -0.1) is 0 Å². The van der Waals surface area contributed by atoms with Gasteiger partial charge in [0.15, 0.2) is 0 Å². The lowest BCUT2D eigenvalue weighted by molar-refractivity contribution is 0.340. The van der Waals surface area contributed by atoms with E-state index in [0.717, 1.165) is 17.0 Å². The molecular weight excluding hydrogens is 202 g/mol. The molecule has 4 nitrogen and oxygen atoms in total. The fourth-order valence-electron chi connectivity index (χ4n) is 1.71. The SMILES string of the molecule is CCOc1cccc(-c2c(N)cnn2C)c1. The maximum Gasteiger partial charge on any atom is 0.119 e. The van der Waals surface area contributed by atoms with Gasteiger partial charge >= 0.3 is 0 Å². The third-order valence-corrected chi connectivity index (χ3v) is 2.39. The van der Waals surface area contributed by atoms with Gasteiger partial charge in [-0.05, 0) is 19.1 Å². The average molecular weight is 217 g/mol. The zero-order chi connectivity index (χ0) is 11.5. The van der Waals surface area contributed by atoms with Crippen molar-refractivity contribution >= 4 is 5.69 Å². The van der Waals surface area contributed by atoms with Crippen molar-refractivity contribution in [3.8, 4) is 17.0 Å². The fourth-order valence-corrected chi connectivity index (χ4v) is 1.71. The zero-order valence-electron chi connectivity index (χ0n) is 9.47. The van der Waals surface area contributed by atoms with Crippen LogP contribution < -0.4 is 10.5 Å². The molecule has 0 saturated heterocycles. The summed E-state index contributed by atoms with van der Waals surface area (Å²) >= 11 is 0. The number of aromatic nitrogens is 2. The van der Waals surface area contributed by atoms with Crippen LogP contribution in [-0.4, -0.2) is 16.4 Å². The Labute approximate surface area is 94.6 Å². The lowest BCUT2D eigenvalue weighted by Gasteiger charge is -2.07. The van der Waals surface area contributed by atoms with Gasteiger partial charge in [0.25, 0.3) is 0 Å². The topological polar surface area (TPSA) is 53.1 Å². The van der Waals surface area contributed by atoms with Crippen molar-refractivity contribution in [1.29, 1.82) is 0 Å². The maximum absolute atomic E-state index is 5.87. The molecule has 1 heterocycles. The third-order valence-electron chi connectivity index (χ3n) is 2.39. The van der Waals surface area contributed by atoms with Gasteiger partial charge in [-0.1, -0.05) is 12.1 Å². The summed E-state index contributed by atoms with van der Waals surface area (Å²) in [7, 11) is 1.87. The highest BCUT2D eigenvalue weighted by Crippen LogP contribution is 2.27. The predicted molar refractivity (Wildman–Crippen MR) is 64.2 cm³/mol. The number of benzene rings is 1. The Bertz CT molecular complexity index is 471. The zero-order valence-corrected chi connectivity index (χ0v) is 9.47. The van der Waals surface area contributed by atoms with Crippen LogP contribution in [0.5, 0.6) is 5.75 Å². The van der Waals surface area contributed by atoms with Crippen LogP contribution in [0.25, 0.3) is 11.3 Å². The molecular formula is C12H15N3O. The van der Waals surface area contributed by atoms with Crippen LogP contribution >= 0.6 is 0 Å². The fraction of sp³-hybridized carbons (Fsp3) is 0.250. The minimum atomic E-state index is 0.657. The van der Waals surface area contributed by atoms with Crippen LogP contribution in [0.15, 0.2) is 30.5 Å². The van der Waals surface area contributed by atoms with Crippen LogP contribution in [0.4, 0.5) is 5.69 Å². The molecule has 0 aliphatic rings. The summed E-state index contributed by atoms with van der Waals surface area (Å²) < 4.78 is 7.22. The minimum absolute atomic E-state index is 0.657. The van der Waals surface area contributed by atoms with E-state index >= 15 is 0 Å². The summed E-state index contributed by atoms with van der Waals surface area (Å²) in [5.74, 6) is 0.848. The number of ether oxygens (including phenoxy) is 1. The van der Waals surface area contributed by atoms with Gasteiger partial charge < -0.3 is 10.5 Å². The Balaban J connectivity index is 2.44. The Morgan fingerprint density at radius 2 is 2.25 bits per heavy atom. The van der Waals surface area contributed by atoms with Crippen molar-refractivity contribution < 1.29 is 4.74 Å². The number of hydrogen-bond acceptors (Lipinski definition) is 3. The van der Waals surface area contributed by atoms with Crippen molar-refractivity contribution in [3.05, 3.63) is 30.5 Å². The summed E-state index contributed by atoms with van der Waals surface area (Å²) in [6, 6.07) is 7.85. The molecule has 0 radical (unpaired) electrons. The van der Waals surface area contributed by atoms with Crippen molar-refractivity contribution in [2.24, 2.45) is 7.05 Å². The molecule has 16 heavy (non-hydrogen) atoms. The van der Waals surface area contributed by atoms with Crippen molar-refractivity contribution in [3.63, 3.8) is 0 Å². The van der Waals surface area contributed by atoms with Gasteiger partial charge in [-0.3, -0.25) is 4.68 Å². The summed E-state index contributed by atoms with van der Waals surface area (Å²) in [6.07, 6.45) is 1.66. The highest BCUT2D eigenvalue weighted by Gasteiger charge is 2.08. The monoisotopic (exact) mass is 217 g/mol. The van der Waals surface area contributed by atoms with E-state index < -0.39 is 0 Å². The van der Waals surface area contributed by atoms with E-state index in [1.807, 2.05) is 38.2 Å². The van der Waals surface area contributed by atoms with E-state index in [4.69, 9.17) is 10.5 Å². The standard InChI is InChI=1S/C12H15N3O/c1-3-16-10-6-4-5-9(7-10)12-11(13)8-14-15(12)2/h4-8H,3,13H2,1-2H3. The van der Waals surface area contributed by atoms with Crippen LogP contribution in [0.3, 0.4) is 0 Å². The molecule has 0 fully saturated rings. The highest BCUT2D eigenvalue weighted by atomic mass is 16.5. The van der Waals surface area contributed by atoms with E-state index in [0.29, 0.717) is 12.3 Å². The summed E-state index contributed by atoms with van der Waals surface area (Å²) in [6.45, 7) is 2.62. The first-order valence-corrected chi connectivity index (χ1v) is 5.23. The van der Waals surface area contributed by atoms with E-state index in [9.17, 15) is 0 Å². The van der Waals surface area contributed by atoms with Gasteiger partial charge in [0.05, 0.1) is 24.2 Å². The summed E-state index contributed by atoms with van der Waals surface area (Å²) in [4.78, 5) is 0. The molecule has 0 amide bonds. The predicted octanol–water partition coefficient (Wildman–Crippen LogP) is 2.07. The number of nitrogens with zero attached hydrogens (tertiary/aromatic N) is 2. The van der Waals surface area contributed by atoms with E-state index in [1.54, 1.807) is 10.9 Å². The molecule has 0 spiro atoms. The second kappa shape index (κ2) is 4.26. The molecule has 2 rings (SSSR count). The van der Waals surface area contributed by atoms with E-state index in [1.165, 1.54) is 0 Å². The number of anilines is 1. The van der Waals surface area contributed by atoms with Crippen LogP contribution in [0.1, 0.15) is 6.92 Å². The smallest absolute Gasteiger partial charge is 0.119 e. The van der Waals surface area contributed by atoms with Gasteiger partial charge in [0, 0.05) is 12.6 Å². The second-order valence-corrected chi connectivity index (χ2v) is 3.53. The quantitative estimate of drug-likeness (QED) is 0.856. The lowest BCUT2D eigenvalue weighted by Crippen LogP contribution is -1.97. The number of rotatable bonds is 3. The molecule has 0 bridgehead atoms. The normalized spacial score (nSPS) is 10.4. The summed E-state index contributed by atoms with van der Waals surface area (Å²) in [5.41, 5.74) is 8.49. The van der Waals surface area contributed by atoms with E-state index in [2.05, 4.69) is 5.10 Å². The molecule has 0 aliphatic heterocycles. The number of nitrogen functional groups attached to an aromatic ring is 1. The van der Waals surface area contributed by atoms with Crippen LogP contribution in [0, 0.1) is 0 Å². The molecule has 0 aliphatic carbocycles. The van der Waals surface area contributed by atoms with Crippen molar-refractivity contribution in [1.82, 2.24) is 9.78 Å². The third kappa shape index (κ3) is 1.86. The van der Waals surface area contributed by atoms with Crippen molar-refractivity contribution in [2.45, 2.75) is 6.92 Å². The van der Waals surface area contributed by atoms with E-state index in [-0.39, 0.29) is 0 Å². The average Bonchev–Trinajstić information content (AvgIpc) is 2.59. The number of nitrogens with two attached hydrogens (primary N) is 1. The highest BCUT2D eigenvalue weighted by molar-refractivity contribution is 5.73. The van der Waals surface area contributed by atoms with Crippen LogP contribution in [-0.2, 0) is 7.05 Å². The molecule has 4 heteroatoms. The van der Waals surface area contributed by atoms with Crippen molar-refractivity contribution in [2.75, 3.05) is 12.3 Å². The Morgan fingerprint density at radius 1 is 1.44 bits per heavy atom. The number of aryl methyl sites for hydroxylation is 1. The molecule has 0 saturated carbocycles. The molecule has 1 aromatic carbocycles. The Hall–Kier alpha value is -1.97. The first-order chi connectivity index (χ1) is 7.72. The Morgan fingerprint density at radius 3 is 2.88 bits per heavy atom. The van der Waals surface area contributed by atoms with Gasteiger partial charge in [-0.2, -0.15) is 5.10 Å². The second-order valence-electron chi connectivity index (χ2n) is 3.53. The molecule has 84 valence electrons. The molecule has 0 atom stereocenters. The molecule has 2 N–H and O–H groups in total. The Kier molecular flexibility index (Phi) is 2.81. The first-order valence-electron chi connectivity index (χ1n) is 5.23. The lowest BCUT2D eigenvalue weighted by atomic mass is 10.1. The molecule has 1 aromatic heterocycles. The van der Waals surface area contributed by atoms with Crippen LogP contribution in [0.2, 0.25) is 0 Å². The summed E-state index contributed by atoms with van der Waals surface area (Å²) in [5, 5.41) is 4.12. The van der Waals surface area contributed by atoms with Gasteiger partial charge in [0.2, 0.25) is 0 Å². The number of hydrogen-bond donors (Lipinski definition) is 1. The maximum atomic E-state index is 5.87. The van der Waals surface area contributed by atoms with Gasteiger partial charge in [0.1, 0.15) is 5.75 Å². The minimum Gasteiger partial charge on any atom is -0.494 e. The molecule has 2 aromatic rings. The first kappa shape index (κ1) is 10.5. The molecule has 0 unspecified atom stereocenters.